The van der Waals surface area contributed by atoms with E-state index in [9.17, 15) is 23.3 Å². The summed E-state index contributed by atoms with van der Waals surface area (Å²) in [5.74, 6) is -0.418. The van der Waals surface area contributed by atoms with Crippen molar-refractivity contribution < 1.29 is 18.1 Å². The number of rotatable bonds is 4. The number of hydrogen-bond donors (Lipinski definition) is 1. The number of carbonyl (C=O) groups is 1. The van der Waals surface area contributed by atoms with Crippen molar-refractivity contribution in [2.45, 2.75) is 19.4 Å². The van der Waals surface area contributed by atoms with E-state index in [1.54, 1.807) is 24.3 Å². The van der Waals surface area contributed by atoms with Gasteiger partial charge < -0.3 is 5.32 Å². The van der Waals surface area contributed by atoms with Crippen molar-refractivity contribution in [1.82, 2.24) is 0 Å². The van der Waals surface area contributed by atoms with Gasteiger partial charge in [-0.15, -0.1) is 0 Å². The first-order valence-corrected chi connectivity index (χ1v) is 9.70. The van der Waals surface area contributed by atoms with Crippen molar-refractivity contribution >= 4 is 33.0 Å². The van der Waals surface area contributed by atoms with E-state index in [0.717, 1.165) is 11.8 Å². The summed E-state index contributed by atoms with van der Waals surface area (Å²) in [6.45, 7) is 1.81. The van der Waals surface area contributed by atoms with Gasteiger partial charge in [0, 0.05) is 29.4 Å². The second-order valence-corrected chi connectivity index (χ2v) is 8.08. The number of sulfonamides is 1. The van der Waals surface area contributed by atoms with Gasteiger partial charge in [0.25, 0.3) is 11.6 Å². The molecular formula is C17H17N3O5S. The topological polar surface area (TPSA) is 110 Å². The number of fused-ring (bicyclic) bond motifs is 1. The lowest BCUT2D eigenvalue weighted by molar-refractivity contribution is -0.384. The summed E-state index contributed by atoms with van der Waals surface area (Å²) in [4.78, 5) is 22.7. The zero-order valence-electron chi connectivity index (χ0n) is 14.2. The van der Waals surface area contributed by atoms with E-state index >= 15 is 0 Å². The first-order valence-electron chi connectivity index (χ1n) is 7.85. The third kappa shape index (κ3) is 3.38. The van der Waals surface area contributed by atoms with Gasteiger partial charge in [-0.05, 0) is 43.2 Å². The lowest BCUT2D eigenvalue weighted by Gasteiger charge is -2.21. The van der Waals surface area contributed by atoms with Crippen LogP contribution in [0.3, 0.4) is 0 Å². The molecule has 0 aromatic heterocycles. The quantitative estimate of drug-likeness (QED) is 0.652. The maximum Gasteiger partial charge on any atom is 0.271 e. The van der Waals surface area contributed by atoms with Crippen LogP contribution in [-0.2, 0) is 16.4 Å². The maximum atomic E-state index is 12.4. The second-order valence-electron chi connectivity index (χ2n) is 6.22. The molecule has 9 heteroatoms. The molecule has 8 nitrogen and oxygen atoms in total. The molecule has 1 aliphatic rings. The van der Waals surface area contributed by atoms with Gasteiger partial charge in [0.1, 0.15) is 0 Å². The van der Waals surface area contributed by atoms with Crippen LogP contribution >= 0.6 is 0 Å². The highest BCUT2D eigenvalue weighted by atomic mass is 32.2. The fourth-order valence-corrected chi connectivity index (χ4v) is 4.41. The Labute approximate surface area is 150 Å². The lowest BCUT2D eigenvalue weighted by atomic mass is 10.1. The molecule has 2 aromatic carbocycles. The third-order valence-corrected chi connectivity index (χ3v) is 5.44. The summed E-state index contributed by atoms with van der Waals surface area (Å²) in [6, 6.07) is 10.3. The van der Waals surface area contributed by atoms with Crippen molar-refractivity contribution in [3.05, 3.63) is 63.7 Å². The Morgan fingerprint density at radius 1 is 1.27 bits per heavy atom. The minimum atomic E-state index is -3.39. The highest BCUT2D eigenvalue weighted by Crippen LogP contribution is 2.34. The van der Waals surface area contributed by atoms with Gasteiger partial charge in [0.2, 0.25) is 10.0 Å². The Kier molecular flexibility index (Phi) is 4.41. The van der Waals surface area contributed by atoms with E-state index in [-0.39, 0.29) is 11.7 Å². The predicted molar refractivity (Wildman–Crippen MR) is 98.0 cm³/mol. The highest BCUT2D eigenvalue weighted by Gasteiger charge is 2.32. The molecule has 1 N–H and O–H groups in total. The molecule has 0 spiro atoms. The van der Waals surface area contributed by atoms with Crippen molar-refractivity contribution in [3.8, 4) is 0 Å². The molecule has 0 unspecified atom stereocenters. The summed E-state index contributed by atoms with van der Waals surface area (Å²) >= 11 is 0. The molecule has 26 heavy (non-hydrogen) atoms. The van der Waals surface area contributed by atoms with Crippen molar-refractivity contribution in [2.75, 3.05) is 15.9 Å². The zero-order valence-corrected chi connectivity index (χ0v) is 15.0. The molecule has 1 amide bonds. The molecule has 0 aliphatic carbocycles. The van der Waals surface area contributed by atoms with Gasteiger partial charge in [-0.2, -0.15) is 0 Å². The summed E-state index contributed by atoms with van der Waals surface area (Å²) in [6.07, 6.45) is 1.67. The van der Waals surface area contributed by atoms with Crippen LogP contribution in [0.2, 0.25) is 0 Å². The number of carbonyl (C=O) groups excluding carboxylic acids is 1. The SMILES string of the molecule is C[C@@H]1Cc2cc(C(=O)Nc3cccc([N+](=O)[O-])c3)ccc2N1S(C)(=O)=O. The zero-order chi connectivity index (χ0) is 19.1. The smallest absolute Gasteiger partial charge is 0.271 e. The number of non-ortho nitro benzene ring substituents is 1. The number of benzene rings is 2. The van der Waals surface area contributed by atoms with Gasteiger partial charge in [0.05, 0.1) is 16.9 Å². The number of anilines is 2. The monoisotopic (exact) mass is 375 g/mol. The van der Waals surface area contributed by atoms with E-state index in [0.29, 0.717) is 23.4 Å². The summed E-state index contributed by atoms with van der Waals surface area (Å²) in [5, 5.41) is 13.4. The van der Waals surface area contributed by atoms with Crippen LogP contribution in [0.4, 0.5) is 17.1 Å². The van der Waals surface area contributed by atoms with Crippen molar-refractivity contribution in [3.63, 3.8) is 0 Å². The van der Waals surface area contributed by atoms with Crippen molar-refractivity contribution in [2.24, 2.45) is 0 Å². The molecule has 2 aromatic rings. The number of hydrogen-bond acceptors (Lipinski definition) is 5. The summed E-state index contributed by atoms with van der Waals surface area (Å²) < 4.78 is 25.2. The van der Waals surface area contributed by atoms with Crippen LogP contribution in [0.15, 0.2) is 42.5 Å². The Balaban J connectivity index is 1.86. The summed E-state index contributed by atoms with van der Waals surface area (Å²) in [7, 11) is -3.39. The lowest BCUT2D eigenvalue weighted by Crippen LogP contribution is -2.34. The van der Waals surface area contributed by atoms with Crippen molar-refractivity contribution in [1.29, 1.82) is 0 Å². The Hall–Kier alpha value is -2.94. The van der Waals surface area contributed by atoms with Crippen LogP contribution in [-0.4, -0.2) is 31.5 Å². The van der Waals surface area contributed by atoms with Gasteiger partial charge >= 0.3 is 0 Å². The molecule has 0 bridgehead atoms. The van der Waals surface area contributed by atoms with Gasteiger partial charge in [0.15, 0.2) is 0 Å². The average molecular weight is 375 g/mol. The normalized spacial score (nSPS) is 16.2. The van der Waals surface area contributed by atoms with Gasteiger partial charge in [-0.25, -0.2) is 8.42 Å². The average Bonchev–Trinajstić information content (AvgIpc) is 2.89. The number of nitrogens with one attached hydrogen (secondary N) is 1. The van der Waals surface area contributed by atoms with E-state index in [2.05, 4.69) is 5.32 Å². The van der Waals surface area contributed by atoms with Crippen LogP contribution in [0.25, 0.3) is 0 Å². The molecule has 0 saturated heterocycles. The van der Waals surface area contributed by atoms with Gasteiger partial charge in [-0.3, -0.25) is 19.2 Å². The molecule has 0 radical (unpaired) electrons. The molecule has 1 atom stereocenters. The minimum absolute atomic E-state index is 0.116. The first kappa shape index (κ1) is 17.9. The second kappa shape index (κ2) is 6.41. The van der Waals surface area contributed by atoms with E-state index in [4.69, 9.17) is 0 Å². The Morgan fingerprint density at radius 2 is 2.00 bits per heavy atom. The largest absolute Gasteiger partial charge is 0.322 e. The van der Waals surface area contributed by atoms with Crippen LogP contribution in [0, 0.1) is 10.1 Å². The predicted octanol–water partition coefficient (Wildman–Crippen LogP) is 2.56. The molecule has 0 saturated carbocycles. The molecule has 0 fully saturated rings. The van der Waals surface area contributed by atoms with Crippen LogP contribution < -0.4 is 9.62 Å². The molecular weight excluding hydrogens is 358 g/mol. The maximum absolute atomic E-state index is 12.4. The highest BCUT2D eigenvalue weighted by molar-refractivity contribution is 7.92. The number of amides is 1. The van der Waals surface area contributed by atoms with Gasteiger partial charge in [-0.1, -0.05) is 6.07 Å². The van der Waals surface area contributed by atoms with E-state index in [1.165, 1.54) is 22.5 Å². The fourth-order valence-electron chi connectivity index (χ4n) is 3.15. The Bertz CT molecular complexity index is 1000. The third-order valence-electron chi connectivity index (χ3n) is 4.17. The molecule has 3 rings (SSSR count). The number of nitro groups is 1. The van der Waals surface area contributed by atoms with E-state index in [1.807, 2.05) is 6.92 Å². The fraction of sp³-hybridized carbons (Fsp3) is 0.235. The minimum Gasteiger partial charge on any atom is -0.322 e. The first-order chi connectivity index (χ1) is 12.2. The Morgan fingerprint density at radius 3 is 2.65 bits per heavy atom. The standard InChI is InChI=1S/C17H17N3O5S/c1-11-8-13-9-12(6-7-16(13)19(11)26(2,24)25)17(21)18-14-4-3-5-15(10-14)20(22)23/h3-7,9-11H,8H2,1-2H3,(H,18,21)/t11-/m1/s1. The van der Waals surface area contributed by atoms with E-state index < -0.39 is 20.9 Å². The molecule has 1 aliphatic heterocycles. The summed E-state index contributed by atoms with van der Waals surface area (Å²) in [5.41, 5.74) is 1.91. The van der Waals surface area contributed by atoms with Crippen LogP contribution in [0.1, 0.15) is 22.8 Å². The molecule has 136 valence electrons. The number of nitrogens with zero attached hydrogens (tertiary/aromatic N) is 2. The number of nitro benzene ring substituents is 1. The van der Waals surface area contributed by atoms with Crippen LogP contribution in [0.5, 0.6) is 0 Å². The molecule has 1 heterocycles.